The van der Waals surface area contributed by atoms with Gasteiger partial charge in [0, 0.05) is 6.07 Å². The Kier molecular flexibility index (Phi) is 5.26. The van der Waals surface area contributed by atoms with Crippen LogP contribution in [0.25, 0.3) is 0 Å². The monoisotopic (exact) mass is 346 g/mol. The minimum atomic E-state index is -0.994. The summed E-state index contributed by atoms with van der Waals surface area (Å²) in [5, 5.41) is 21.8. The first-order chi connectivity index (χ1) is 8.92. The van der Waals surface area contributed by atoms with Crippen molar-refractivity contribution in [3.8, 4) is 6.19 Å². The fourth-order valence-corrected chi connectivity index (χ4v) is 2.21. The van der Waals surface area contributed by atoms with Gasteiger partial charge in [-0.1, -0.05) is 11.8 Å². The number of nitriles is 1. The van der Waals surface area contributed by atoms with Gasteiger partial charge >= 0.3 is 5.69 Å². The molecule has 1 aromatic carbocycles. The standard InChI is InChI=1S/C10H8BrFN4O2S/c1-5-3-6(16(17)18)8(12)7(11)9(5)15-10(19-2)14-4-13/h3H,1-2H3,(H,14,15). The first-order valence-corrected chi connectivity index (χ1v) is 6.85. The van der Waals surface area contributed by atoms with Crippen LogP contribution in [-0.2, 0) is 0 Å². The molecule has 0 saturated carbocycles. The summed E-state index contributed by atoms with van der Waals surface area (Å²) in [7, 11) is 0. The Balaban J connectivity index is 3.43. The smallest absolute Gasteiger partial charge is 0.271 e. The zero-order valence-corrected chi connectivity index (χ0v) is 12.3. The summed E-state index contributed by atoms with van der Waals surface area (Å²) in [5.74, 6) is -0.994. The lowest BCUT2D eigenvalue weighted by atomic mass is 10.2. The number of nitro groups is 1. The van der Waals surface area contributed by atoms with Crippen molar-refractivity contribution < 1.29 is 9.31 Å². The summed E-state index contributed by atoms with van der Waals surface area (Å²) in [5.41, 5.74) is 0.00346. The molecule has 0 spiro atoms. The SMILES string of the molecule is CSC(=Nc1c(C)cc([N+](=O)[O-])c(F)c1Br)NC#N. The van der Waals surface area contributed by atoms with Gasteiger partial charge < -0.3 is 0 Å². The van der Waals surface area contributed by atoms with Crippen molar-refractivity contribution in [2.24, 2.45) is 4.99 Å². The second-order valence-electron chi connectivity index (χ2n) is 3.30. The van der Waals surface area contributed by atoms with E-state index in [1.165, 1.54) is 0 Å². The highest BCUT2D eigenvalue weighted by atomic mass is 79.9. The number of rotatable bonds is 2. The van der Waals surface area contributed by atoms with Crippen LogP contribution in [0.4, 0.5) is 15.8 Å². The second kappa shape index (κ2) is 6.49. The van der Waals surface area contributed by atoms with Gasteiger partial charge in [-0.05, 0) is 34.7 Å². The molecule has 0 aliphatic rings. The summed E-state index contributed by atoms with van der Waals surface area (Å²) in [6, 6.07) is 1.10. The number of aliphatic imine (C=N–C) groups is 1. The van der Waals surface area contributed by atoms with Gasteiger partial charge in [0.25, 0.3) is 0 Å². The first kappa shape index (κ1) is 15.4. The van der Waals surface area contributed by atoms with Crippen LogP contribution in [0.5, 0.6) is 0 Å². The van der Waals surface area contributed by atoms with Crippen LogP contribution >= 0.6 is 27.7 Å². The Labute approximate surface area is 121 Å². The molecule has 1 rings (SSSR count). The van der Waals surface area contributed by atoms with Gasteiger partial charge in [-0.2, -0.15) is 9.65 Å². The number of hydrogen-bond acceptors (Lipinski definition) is 5. The molecule has 0 heterocycles. The van der Waals surface area contributed by atoms with E-state index >= 15 is 0 Å². The molecule has 0 unspecified atom stereocenters. The topological polar surface area (TPSA) is 91.3 Å². The molecule has 0 aliphatic heterocycles. The van der Waals surface area contributed by atoms with Crippen LogP contribution in [0.3, 0.4) is 0 Å². The predicted molar refractivity (Wildman–Crippen MR) is 74.9 cm³/mol. The third kappa shape index (κ3) is 3.42. The molecule has 6 nitrogen and oxygen atoms in total. The van der Waals surface area contributed by atoms with Crippen molar-refractivity contribution >= 4 is 44.2 Å². The Morgan fingerprint density at radius 3 is 2.84 bits per heavy atom. The maximum absolute atomic E-state index is 13.8. The Bertz CT molecular complexity index is 600. The van der Waals surface area contributed by atoms with Crippen LogP contribution < -0.4 is 5.32 Å². The van der Waals surface area contributed by atoms with E-state index in [0.29, 0.717) is 5.56 Å². The van der Waals surface area contributed by atoms with E-state index in [9.17, 15) is 14.5 Å². The molecule has 0 aromatic heterocycles. The summed E-state index contributed by atoms with van der Waals surface area (Å²) in [6.45, 7) is 1.57. The molecule has 0 saturated heterocycles. The first-order valence-electron chi connectivity index (χ1n) is 4.83. The quantitative estimate of drug-likeness (QED) is 0.221. The zero-order chi connectivity index (χ0) is 14.6. The van der Waals surface area contributed by atoms with Gasteiger partial charge in [-0.15, -0.1) is 0 Å². The van der Waals surface area contributed by atoms with E-state index in [1.54, 1.807) is 19.4 Å². The maximum atomic E-state index is 13.8. The molecule has 0 atom stereocenters. The molecule has 0 aliphatic carbocycles. The fraction of sp³-hybridized carbons (Fsp3) is 0.200. The Morgan fingerprint density at radius 2 is 2.37 bits per heavy atom. The van der Waals surface area contributed by atoms with Crippen LogP contribution in [0.15, 0.2) is 15.5 Å². The average Bonchev–Trinajstić information content (AvgIpc) is 2.37. The van der Waals surface area contributed by atoms with E-state index in [4.69, 9.17) is 5.26 Å². The van der Waals surface area contributed by atoms with Crippen molar-refractivity contribution in [1.29, 1.82) is 5.26 Å². The number of halogens is 2. The van der Waals surface area contributed by atoms with Gasteiger partial charge in [-0.3, -0.25) is 15.4 Å². The van der Waals surface area contributed by atoms with Crippen molar-refractivity contribution in [2.45, 2.75) is 6.92 Å². The molecule has 0 fully saturated rings. The number of hydrogen-bond donors (Lipinski definition) is 1. The van der Waals surface area contributed by atoms with E-state index in [-0.39, 0.29) is 15.3 Å². The van der Waals surface area contributed by atoms with Gasteiger partial charge in [0.15, 0.2) is 11.4 Å². The molecular formula is C10H8BrFN4O2S. The molecule has 0 radical (unpaired) electrons. The predicted octanol–water partition coefficient (Wildman–Crippen LogP) is 3.23. The third-order valence-electron chi connectivity index (χ3n) is 2.12. The number of amidine groups is 1. The highest BCUT2D eigenvalue weighted by Crippen LogP contribution is 2.37. The van der Waals surface area contributed by atoms with Crippen molar-refractivity contribution in [2.75, 3.05) is 6.26 Å². The molecule has 19 heavy (non-hydrogen) atoms. The van der Waals surface area contributed by atoms with Crippen LogP contribution in [0.1, 0.15) is 5.56 Å². The lowest BCUT2D eigenvalue weighted by Gasteiger charge is -2.07. The molecule has 9 heteroatoms. The van der Waals surface area contributed by atoms with Crippen molar-refractivity contribution in [3.05, 3.63) is 32.0 Å². The maximum Gasteiger partial charge on any atom is 0.306 e. The van der Waals surface area contributed by atoms with Crippen LogP contribution in [0.2, 0.25) is 0 Å². The molecular weight excluding hydrogens is 339 g/mol. The van der Waals surface area contributed by atoms with Gasteiger partial charge in [0.05, 0.1) is 15.1 Å². The van der Waals surface area contributed by atoms with E-state index in [2.05, 4.69) is 26.2 Å². The summed E-state index contributed by atoms with van der Waals surface area (Å²) in [4.78, 5) is 13.9. The highest BCUT2D eigenvalue weighted by Gasteiger charge is 2.22. The second-order valence-corrected chi connectivity index (χ2v) is 4.89. The van der Waals surface area contributed by atoms with E-state index < -0.39 is 16.4 Å². The number of nitrogens with one attached hydrogen (secondary N) is 1. The number of nitro benzene ring substituents is 1. The fourth-order valence-electron chi connectivity index (χ4n) is 1.27. The lowest BCUT2D eigenvalue weighted by Crippen LogP contribution is -2.12. The van der Waals surface area contributed by atoms with Gasteiger partial charge in [0.1, 0.15) is 0 Å². The summed E-state index contributed by atoms with van der Waals surface area (Å²) in [6.07, 6.45) is 3.39. The summed E-state index contributed by atoms with van der Waals surface area (Å²) < 4.78 is 13.7. The molecule has 0 amide bonds. The minimum absolute atomic E-state index is 0.106. The van der Waals surface area contributed by atoms with Crippen LogP contribution in [0, 0.1) is 34.3 Å². The largest absolute Gasteiger partial charge is 0.306 e. The summed E-state index contributed by atoms with van der Waals surface area (Å²) >= 11 is 4.11. The van der Waals surface area contributed by atoms with Crippen molar-refractivity contribution in [1.82, 2.24) is 5.32 Å². The van der Waals surface area contributed by atoms with E-state index in [0.717, 1.165) is 17.8 Å². The van der Waals surface area contributed by atoms with Gasteiger partial charge in [0.2, 0.25) is 5.82 Å². The number of thioether (sulfide) groups is 1. The highest BCUT2D eigenvalue weighted by molar-refractivity contribution is 9.10. The average molecular weight is 347 g/mol. The molecule has 1 N–H and O–H groups in total. The minimum Gasteiger partial charge on any atom is -0.271 e. The molecule has 100 valence electrons. The Morgan fingerprint density at radius 1 is 1.74 bits per heavy atom. The number of nitrogens with zero attached hydrogens (tertiary/aromatic N) is 3. The lowest BCUT2D eigenvalue weighted by molar-refractivity contribution is -0.387. The van der Waals surface area contributed by atoms with E-state index in [1.807, 2.05) is 0 Å². The number of aryl methyl sites for hydroxylation is 1. The number of benzene rings is 1. The van der Waals surface area contributed by atoms with Crippen molar-refractivity contribution in [3.63, 3.8) is 0 Å². The normalized spacial score (nSPS) is 11.0. The van der Waals surface area contributed by atoms with Crippen LogP contribution in [-0.4, -0.2) is 16.3 Å². The molecule has 1 aromatic rings. The van der Waals surface area contributed by atoms with Gasteiger partial charge in [-0.25, -0.2) is 4.99 Å². The third-order valence-corrected chi connectivity index (χ3v) is 3.42. The Hall–Kier alpha value is -1.66. The molecule has 0 bridgehead atoms. The zero-order valence-electron chi connectivity index (χ0n) is 9.90.